The molecule has 4 heteroatoms. The molecule has 1 aromatic carbocycles. The molecule has 0 aliphatic rings. The van der Waals surface area contributed by atoms with Crippen molar-refractivity contribution in [1.82, 2.24) is 15.4 Å². The highest BCUT2D eigenvalue weighted by Crippen LogP contribution is 2.25. The standard InChI is InChI=1S/C11H15N3S/c1-8(13-14(2)3)11-12-9-6-4-5-7-10(9)15-11/h4-8,13H,1-3H3. The van der Waals surface area contributed by atoms with Crippen molar-refractivity contribution in [2.24, 2.45) is 0 Å². The first-order chi connectivity index (χ1) is 7.16. The first kappa shape index (κ1) is 10.5. The Kier molecular flexibility index (Phi) is 3.00. The van der Waals surface area contributed by atoms with Gasteiger partial charge in [0.2, 0.25) is 0 Å². The van der Waals surface area contributed by atoms with E-state index < -0.39 is 0 Å². The van der Waals surface area contributed by atoms with Crippen LogP contribution in [0.3, 0.4) is 0 Å². The zero-order valence-corrected chi connectivity index (χ0v) is 10.0. The van der Waals surface area contributed by atoms with Crippen LogP contribution < -0.4 is 5.43 Å². The van der Waals surface area contributed by atoms with Crippen LogP contribution in [0.25, 0.3) is 10.2 Å². The van der Waals surface area contributed by atoms with Gasteiger partial charge in [-0.25, -0.2) is 15.4 Å². The third-order valence-electron chi connectivity index (χ3n) is 2.13. The molecule has 0 saturated heterocycles. The van der Waals surface area contributed by atoms with Gasteiger partial charge in [-0.1, -0.05) is 12.1 Å². The molecule has 0 aliphatic carbocycles. The van der Waals surface area contributed by atoms with Gasteiger partial charge in [0, 0.05) is 14.1 Å². The van der Waals surface area contributed by atoms with E-state index in [2.05, 4.69) is 29.5 Å². The van der Waals surface area contributed by atoms with E-state index in [1.54, 1.807) is 11.3 Å². The number of aromatic nitrogens is 1. The van der Waals surface area contributed by atoms with Crippen molar-refractivity contribution in [3.8, 4) is 0 Å². The highest BCUT2D eigenvalue weighted by atomic mass is 32.1. The largest absolute Gasteiger partial charge is 0.250 e. The maximum absolute atomic E-state index is 4.60. The lowest BCUT2D eigenvalue weighted by Gasteiger charge is -2.16. The molecule has 0 radical (unpaired) electrons. The van der Waals surface area contributed by atoms with Crippen LogP contribution in [0.1, 0.15) is 18.0 Å². The molecule has 2 aromatic rings. The molecule has 0 bridgehead atoms. The van der Waals surface area contributed by atoms with Crippen LogP contribution in [-0.4, -0.2) is 24.1 Å². The molecular formula is C11H15N3S. The van der Waals surface area contributed by atoms with Crippen molar-refractivity contribution in [2.45, 2.75) is 13.0 Å². The van der Waals surface area contributed by atoms with Crippen LogP contribution in [0.2, 0.25) is 0 Å². The fraction of sp³-hybridized carbons (Fsp3) is 0.364. The quantitative estimate of drug-likeness (QED) is 0.807. The molecule has 15 heavy (non-hydrogen) atoms. The fourth-order valence-corrected chi connectivity index (χ4v) is 2.48. The van der Waals surface area contributed by atoms with Crippen molar-refractivity contribution in [1.29, 1.82) is 0 Å². The summed E-state index contributed by atoms with van der Waals surface area (Å²) in [6.07, 6.45) is 0. The van der Waals surface area contributed by atoms with Crippen LogP contribution in [0.4, 0.5) is 0 Å². The first-order valence-electron chi connectivity index (χ1n) is 4.96. The number of para-hydroxylation sites is 1. The second-order valence-electron chi connectivity index (χ2n) is 3.77. The lowest BCUT2D eigenvalue weighted by Crippen LogP contribution is -2.32. The molecule has 1 unspecified atom stereocenters. The Morgan fingerprint density at radius 3 is 2.73 bits per heavy atom. The third-order valence-corrected chi connectivity index (χ3v) is 3.35. The number of thiazole rings is 1. The maximum Gasteiger partial charge on any atom is 0.112 e. The first-order valence-corrected chi connectivity index (χ1v) is 5.77. The molecule has 0 fully saturated rings. The molecular weight excluding hydrogens is 206 g/mol. The SMILES string of the molecule is CC(NN(C)C)c1nc2ccccc2s1. The molecule has 1 N–H and O–H groups in total. The Morgan fingerprint density at radius 1 is 1.33 bits per heavy atom. The second-order valence-corrected chi connectivity index (χ2v) is 4.83. The third kappa shape index (κ3) is 2.34. The van der Waals surface area contributed by atoms with E-state index in [1.165, 1.54) is 4.70 Å². The number of hydrogen-bond acceptors (Lipinski definition) is 4. The number of nitrogens with one attached hydrogen (secondary N) is 1. The van der Waals surface area contributed by atoms with E-state index in [4.69, 9.17) is 0 Å². The minimum atomic E-state index is 0.261. The van der Waals surface area contributed by atoms with E-state index in [0.717, 1.165) is 10.5 Å². The summed E-state index contributed by atoms with van der Waals surface area (Å²) in [5.74, 6) is 0. The van der Waals surface area contributed by atoms with Gasteiger partial charge in [-0.3, -0.25) is 0 Å². The number of fused-ring (bicyclic) bond motifs is 1. The molecule has 0 spiro atoms. The van der Waals surface area contributed by atoms with Gasteiger partial charge in [0.1, 0.15) is 5.01 Å². The van der Waals surface area contributed by atoms with Crippen LogP contribution >= 0.6 is 11.3 Å². The summed E-state index contributed by atoms with van der Waals surface area (Å²) in [6, 6.07) is 8.50. The van der Waals surface area contributed by atoms with E-state index >= 15 is 0 Å². The van der Waals surface area contributed by atoms with Crippen LogP contribution in [0.15, 0.2) is 24.3 Å². The molecule has 1 atom stereocenters. The average Bonchev–Trinajstić information content (AvgIpc) is 2.59. The number of hydrazine groups is 1. The van der Waals surface area contributed by atoms with Crippen molar-refractivity contribution in [2.75, 3.05) is 14.1 Å². The van der Waals surface area contributed by atoms with Crippen LogP contribution in [-0.2, 0) is 0 Å². The van der Waals surface area contributed by atoms with E-state index in [9.17, 15) is 0 Å². The lowest BCUT2D eigenvalue weighted by molar-refractivity contribution is 0.252. The molecule has 0 saturated carbocycles. The van der Waals surface area contributed by atoms with Gasteiger partial charge in [0.05, 0.1) is 16.3 Å². The molecule has 3 nitrogen and oxygen atoms in total. The van der Waals surface area contributed by atoms with Crippen molar-refractivity contribution < 1.29 is 0 Å². The zero-order valence-electron chi connectivity index (χ0n) is 9.19. The lowest BCUT2D eigenvalue weighted by atomic mass is 10.3. The van der Waals surface area contributed by atoms with Crippen LogP contribution in [0, 0.1) is 0 Å². The molecule has 2 rings (SSSR count). The average molecular weight is 221 g/mol. The monoisotopic (exact) mass is 221 g/mol. The molecule has 0 aliphatic heterocycles. The smallest absolute Gasteiger partial charge is 0.112 e. The van der Waals surface area contributed by atoms with Gasteiger partial charge in [-0.15, -0.1) is 11.3 Å². The summed E-state index contributed by atoms with van der Waals surface area (Å²) >= 11 is 1.75. The Hall–Kier alpha value is -0.970. The Bertz CT molecular complexity index is 417. The summed E-state index contributed by atoms with van der Waals surface area (Å²) in [5, 5.41) is 3.08. The number of benzene rings is 1. The second kappa shape index (κ2) is 4.26. The summed E-state index contributed by atoms with van der Waals surface area (Å²) < 4.78 is 1.25. The van der Waals surface area contributed by atoms with Gasteiger partial charge < -0.3 is 0 Å². The van der Waals surface area contributed by atoms with E-state index in [0.29, 0.717) is 0 Å². The minimum absolute atomic E-state index is 0.261. The Morgan fingerprint density at radius 2 is 2.07 bits per heavy atom. The number of hydrogen-bond donors (Lipinski definition) is 1. The predicted molar refractivity (Wildman–Crippen MR) is 64.9 cm³/mol. The zero-order chi connectivity index (χ0) is 10.8. The van der Waals surface area contributed by atoms with Crippen LogP contribution in [0.5, 0.6) is 0 Å². The minimum Gasteiger partial charge on any atom is -0.250 e. The van der Waals surface area contributed by atoms with Gasteiger partial charge in [0.25, 0.3) is 0 Å². The highest BCUT2D eigenvalue weighted by molar-refractivity contribution is 7.18. The fourth-order valence-electron chi connectivity index (χ4n) is 1.52. The number of nitrogens with zero attached hydrogens (tertiary/aromatic N) is 2. The predicted octanol–water partition coefficient (Wildman–Crippen LogP) is 2.42. The van der Waals surface area contributed by atoms with Gasteiger partial charge in [-0.2, -0.15) is 0 Å². The van der Waals surface area contributed by atoms with Gasteiger partial charge >= 0.3 is 0 Å². The van der Waals surface area contributed by atoms with Crippen molar-refractivity contribution in [3.05, 3.63) is 29.3 Å². The normalized spacial score (nSPS) is 13.6. The Balaban J connectivity index is 2.28. The van der Waals surface area contributed by atoms with Gasteiger partial charge in [0.15, 0.2) is 0 Å². The van der Waals surface area contributed by atoms with Crippen molar-refractivity contribution in [3.63, 3.8) is 0 Å². The van der Waals surface area contributed by atoms with Crippen molar-refractivity contribution >= 4 is 21.6 Å². The maximum atomic E-state index is 4.60. The molecule has 1 heterocycles. The summed E-state index contributed by atoms with van der Waals surface area (Å²) in [5.41, 5.74) is 4.39. The van der Waals surface area contributed by atoms with E-state index in [-0.39, 0.29) is 6.04 Å². The topological polar surface area (TPSA) is 28.2 Å². The van der Waals surface area contributed by atoms with Gasteiger partial charge in [-0.05, 0) is 19.1 Å². The number of rotatable bonds is 3. The molecule has 0 amide bonds. The molecule has 80 valence electrons. The van der Waals surface area contributed by atoms with E-state index in [1.807, 2.05) is 31.2 Å². The Labute approximate surface area is 93.7 Å². The summed E-state index contributed by atoms with van der Waals surface area (Å²) in [7, 11) is 3.98. The summed E-state index contributed by atoms with van der Waals surface area (Å²) in [6.45, 7) is 2.12. The molecule has 1 aromatic heterocycles. The highest BCUT2D eigenvalue weighted by Gasteiger charge is 2.10. The summed E-state index contributed by atoms with van der Waals surface area (Å²) in [4.78, 5) is 4.60.